The summed E-state index contributed by atoms with van der Waals surface area (Å²) < 4.78 is 5.88. The highest BCUT2D eigenvalue weighted by molar-refractivity contribution is 6.14. The van der Waals surface area contributed by atoms with E-state index in [0.717, 1.165) is 16.7 Å². The maximum Gasteiger partial charge on any atom is 0.329 e. The van der Waals surface area contributed by atoms with Crippen molar-refractivity contribution >= 4 is 23.7 Å². The maximum absolute atomic E-state index is 12.9. The summed E-state index contributed by atoms with van der Waals surface area (Å²) in [6.45, 7) is 2.33. The second-order valence-corrected chi connectivity index (χ2v) is 7.62. The molecule has 33 heavy (non-hydrogen) atoms. The number of benzene rings is 3. The third kappa shape index (κ3) is 5.07. The highest BCUT2D eigenvalue weighted by Crippen LogP contribution is 2.25. The van der Waals surface area contributed by atoms with E-state index in [-0.39, 0.29) is 24.5 Å². The number of carbonyl (C=O) groups is 2. The molecule has 8 heteroatoms. The average Bonchev–Trinajstić information content (AvgIpc) is 3.06. The topological polar surface area (TPSA) is 102 Å². The molecule has 4 rings (SSSR count). The van der Waals surface area contributed by atoms with Crippen LogP contribution in [0.25, 0.3) is 6.08 Å². The summed E-state index contributed by atoms with van der Waals surface area (Å²) in [5, 5.41) is 13.4. The first-order valence-corrected chi connectivity index (χ1v) is 10.3. The number of hydrogen-bond donors (Lipinski definition) is 1. The lowest BCUT2D eigenvalue weighted by Crippen LogP contribution is -2.30. The first-order valence-electron chi connectivity index (χ1n) is 10.3. The van der Waals surface area contributed by atoms with Gasteiger partial charge in [-0.3, -0.25) is 19.8 Å². The molecule has 0 atom stereocenters. The molecule has 1 heterocycles. The van der Waals surface area contributed by atoms with Gasteiger partial charge in [-0.1, -0.05) is 48.0 Å². The Bertz CT molecular complexity index is 1250. The zero-order valence-electron chi connectivity index (χ0n) is 17.9. The lowest BCUT2D eigenvalue weighted by Gasteiger charge is -2.12. The van der Waals surface area contributed by atoms with Crippen molar-refractivity contribution in [3.63, 3.8) is 0 Å². The minimum Gasteiger partial charge on any atom is -0.488 e. The van der Waals surface area contributed by atoms with Crippen LogP contribution in [0.4, 0.5) is 10.5 Å². The largest absolute Gasteiger partial charge is 0.488 e. The Hall–Kier alpha value is -4.46. The van der Waals surface area contributed by atoms with E-state index < -0.39 is 16.9 Å². The number of para-hydroxylation sites is 1. The lowest BCUT2D eigenvalue weighted by atomic mass is 10.1. The van der Waals surface area contributed by atoms with Crippen LogP contribution < -0.4 is 10.1 Å². The summed E-state index contributed by atoms with van der Waals surface area (Å²) in [6, 6.07) is 20.4. The molecule has 3 amide bonds. The molecule has 0 unspecified atom stereocenters. The standard InChI is InChI=1S/C25H21N3O5/c1-17-5-4-6-19(13-17)15-27-24(29)22(26-25(27)30)14-20-7-2-3-8-23(20)33-16-18-9-11-21(12-10-18)28(31)32/h2-14H,15-16H2,1H3,(H,26,30)/b22-14+. The number of carbonyl (C=O) groups excluding carboxylic acids is 2. The quantitative estimate of drug-likeness (QED) is 0.249. The molecule has 1 fully saturated rings. The Morgan fingerprint density at radius 3 is 2.48 bits per heavy atom. The van der Waals surface area contributed by atoms with Crippen LogP contribution in [0, 0.1) is 17.0 Å². The highest BCUT2D eigenvalue weighted by atomic mass is 16.6. The van der Waals surface area contributed by atoms with Gasteiger partial charge in [0.2, 0.25) is 0 Å². The SMILES string of the molecule is Cc1cccc(CN2C(=O)N/C(=C/c3ccccc3OCc3ccc([N+](=O)[O-])cc3)C2=O)c1. The summed E-state index contributed by atoms with van der Waals surface area (Å²) in [4.78, 5) is 36.8. The fourth-order valence-electron chi connectivity index (χ4n) is 3.47. The van der Waals surface area contributed by atoms with E-state index in [0.29, 0.717) is 11.3 Å². The number of nitro groups is 1. The van der Waals surface area contributed by atoms with Crippen molar-refractivity contribution in [1.82, 2.24) is 10.2 Å². The lowest BCUT2D eigenvalue weighted by molar-refractivity contribution is -0.384. The third-order valence-electron chi connectivity index (χ3n) is 5.15. The Kier molecular flexibility index (Phi) is 6.17. The van der Waals surface area contributed by atoms with E-state index in [2.05, 4.69) is 5.32 Å². The molecule has 1 aliphatic rings. The summed E-state index contributed by atoms with van der Waals surface area (Å²) in [7, 11) is 0. The fourth-order valence-corrected chi connectivity index (χ4v) is 3.47. The minimum atomic E-state index is -0.475. The van der Waals surface area contributed by atoms with Crippen LogP contribution in [0.15, 0.2) is 78.5 Å². The molecule has 8 nitrogen and oxygen atoms in total. The van der Waals surface area contributed by atoms with Crippen LogP contribution in [-0.2, 0) is 17.9 Å². The van der Waals surface area contributed by atoms with Crippen LogP contribution in [-0.4, -0.2) is 21.8 Å². The van der Waals surface area contributed by atoms with E-state index in [4.69, 9.17) is 4.74 Å². The number of ether oxygens (including phenoxy) is 1. The molecule has 3 aromatic rings. The number of rotatable bonds is 7. The Morgan fingerprint density at radius 2 is 1.76 bits per heavy atom. The number of nitrogens with zero attached hydrogens (tertiary/aromatic N) is 2. The van der Waals surface area contributed by atoms with Gasteiger partial charge in [0.25, 0.3) is 11.6 Å². The summed E-state index contributed by atoms with van der Waals surface area (Å²) >= 11 is 0. The second kappa shape index (κ2) is 9.35. The third-order valence-corrected chi connectivity index (χ3v) is 5.15. The number of nitrogens with one attached hydrogen (secondary N) is 1. The molecule has 0 aliphatic carbocycles. The molecule has 1 saturated heterocycles. The molecule has 3 aromatic carbocycles. The Morgan fingerprint density at radius 1 is 1.00 bits per heavy atom. The van der Waals surface area contributed by atoms with Gasteiger partial charge in [-0.25, -0.2) is 4.79 Å². The van der Waals surface area contributed by atoms with Crippen LogP contribution in [0.5, 0.6) is 5.75 Å². The number of amides is 3. The summed E-state index contributed by atoms with van der Waals surface area (Å²) in [5.74, 6) is 0.106. The minimum absolute atomic E-state index is 0.00888. The van der Waals surface area contributed by atoms with Gasteiger partial charge in [-0.15, -0.1) is 0 Å². The normalized spacial score (nSPS) is 14.5. The molecular formula is C25H21N3O5. The molecule has 0 bridgehead atoms. The van der Waals surface area contributed by atoms with E-state index in [1.54, 1.807) is 42.5 Å². The molecule has 166 valence electrons. The number of urea groups is 1. The molecule has 0 radical (unpaired) electrons. The maximum atomic E-state index is 12.9. The predicted molar refractivity (Wildman–Crippen MR) is 122 cm³/mol. The Balaban J connectivity index is 1.49. The van der Waals surface area contributed by atoms with Crippen LogP contribution in [0.3, 0.4) is 0 Å². The predicted octanol–water partition coefficient (Wildman–Crippen LogP) is 4.58. The fraction of sp³-hybridized carbons (Fsp3) is 0.120. The van der Waals surface area contributed by atoms with Crippen molar-refractivity contribution in [3.05, 3.63) is 111 Å². The highest BCUT2D eigenvalue weighted by Gasteiger charge is 2.33. The average molecular weight is 443 g/mol. The van der Waals surface area contributed by atoms with Gasteiger partial charge in [0.05, 0.1) is 11.5 Å². The van der Waals surface area contributed by atoms with E-state index >= 15 is 0 Å². The van der Waals surface area contributed by atoms with Gasteiger partial charge in [-0.2, -0.15) is 0 Å². The molecule has 1 N–H and O–H groups in total. The summed E-state index contributed by atoms with van der Waals surface area (Å²) in [6.07, 6.45) is 1.58. The zero-order chi connectivity index (χ0) is 23.4. The van der Waals surface area contributed by atoms with E-state index in [1.165, 1.54) is 17.0 Å². The van der Waals surface area contributed by atoms with Gasteiger partial charge in [-0.05, 0) is 42.3 Å². The van der Waals surface area contributed by atoms with Gasteiger partial charge in [0, 0.05) is 17.7 Å². The molecule has 0 aromatic heterocycles. The number of non-ortho nitro benzene ring substituents is 1. The molecule has 0 spiro atoms. The number of hydrogen-bond acceptors (Lipinski definition) is 5. The van der Waals surface area contributed by atoms with Crippen molar-refractivity contribution < 1.29 is 19.2 Å². The van der Waals surface area contributed by atoms with Crippen LogP contribution in [0.2, 0.25) is 0 Å². The van der Waals surface area contributed by atoms with Crippen molar-refractivity contribution in [2.75, 3.05) is 0 Å². The van der Waals surface area contributed by atoms with Gasteiger partial charge in [0.15, 0.2) is 0 Å². The van der Waals surface area contributed by atoms with Crippen molar-refractivity contribution in [1.29, 1.82) is 0 Å². The molecule has 0 saturated carbocycles. The van der Waals surface area contributed by atoms with Crippen molar-refractivity contribution in [3.8, 4) is 5.75 Å². The first-order chi connectivity index (χ1) is 15.9. The Labute approximate surface area is 190 Å². The zero-order valence-corrected chi connectivity index (χ0v) is 17.9. The van der Waals surface area contributed by atoms with E-state index in [1.807, 2.05) is 31.2 Å². The van der Waals surface area contributed by atoms with Gasteiger partial charge in [0.1, 0.15) is 18.1 Å². The second-order valence-electron chi connectivity index (χ2n) is 7.62. The summed E-state index contributed by atoms with van der Waals surface area (Å²) in [5.41, 5.74) is 3.48. The first kappa shape index (κ1) is 21.8. The number of nitro benzene ring substituents is 1. The van der Waals surface area contributed by atoms with E-state index in [9.17, 15) is 19.7 Å². The molecule has 1 aliphatic heterocycles. The van der Waals surface area contributed by atoms with Crippen molar-refractivity contribution in [2.45, 2.75) is 20.1 Å². The van der Waals surface area contributed by atoms with Crippen molar-refractivity contribution in [2.24, 2.45) is 0 Å². The monoisotopic (exact) mass is 443 g/mol. The van der Waals surface area contributed by atoms with Gasteiger partial charge < -0.3 is 10.1 Å². The van der Waals surface area contributed by atoms with Crippen LogP contribution >= 0.6 is 0 Å². The number of aryl methyl sites for hydroxylation is 1. The molecular weight excluding hydrogens is 422 g/mol. The van der Waals surface area contributed by atoms with Gasteiger partial charge >= 0.3 is 6.03 Å². The number of imide groups is 1. The smallest absolute Gasteiger partial charge is 0.329 e. The van der Waals surface area contributed by atoms with Crippen LogP contribution in [0.1, 0.15) is 22.3 Å².